The van der Waals surface area contributed by atoms with Gasteiger partial charge in [0.15, 0.2) is 5.76 Å². The Labute approximate surface area is 153 Å². The molecule has 1 fully saturated rings. The maximum atomic E-state index is 5.61. The van der Waals surface area contributed by atoms with Crippen molar-refractivity contribution in [2.24, 2.45) is 0 Å². The molecule has 26 heavy (non-hydrogen) atoms. The number of likely N-dealkylation sites (tertiary alicyclic amines) is 1. The van der Waals surface area contributed by atoms with Crippen molar-refractivity contribution < 1.29 is 9.26 Å². The Kier molecular flexibility index (Phi) is 4.61. The minimum Gasteiger partial charge on any atom is -0.380 e. The van der Waals surface area contributed by atoms with Crippen molar-refractivity contribution in [1.29, 1.82) is 0 Å². The van der Waals surface area contributed by atoms with Gasteiger partial charge in [0.1, 0.15) is 11.5 Å². The molecule has 136 valence electrons. The normalized spacial score (nSPS) is 20.7. The fourth-order valence-electron chi connectivity index (χ4n) is 3.56. The lowest BCUT2D eigenvalue weighted by Crippen LogP contribution is -2.25. The fourth-order valence-corrected chi connectivity index (χ4v) is 3.56. The summed E-state index contributed by atoms with van der Waals surface area (Å²) >= 11 is 0. The molecule has 1 aliphatic heterocycles. The van der Waals surface area contributed by atoms with E-state index in [1.807, 2.05) is 43.3 Å². The summed E-state index contributed by atoms with van der Waals surface area (Å²) in [5.41, 5.74) is 4.09. The van der Waals surface area contributed by atoms with Crippen LogP contribution in [0.25, 0.3) is 11.3 Å². The smallest absolute Gasteiger partial charge is 0.151 e. The summed E-state index contributed by atoms with van der Waals surface area (Å²) in [6.45, 7) is 5.62. The number of rotatable bonds is 5. The number of aromatic amines is 1. The number of hydrogen-bond donors (Lipinski definition) is 1. The summed E-state index contributed by atoms with van der Waals surface area (Å²) in [5.74, 6) is 1.85. The molecular weight excluding hydrogens is 328 g/mol. The van der Waals surface area contributed by atoms with Gasteiger partial charge in [-0.3, -0.25) is 4.90 Å². The van der Waals surface area contributed by atoms with E-state index < -0.39 is 0 Å². The number of benzene rings is 1. The third-order valence-electron chi connectivity index (χ3n) is 5.15. The molecule has 0 radical (unpaired) electrons. The third-order valence-corrected chi connectivity index (χ3v) is 5.15. The SMILES string of the molecule is CO[C@@H]1C[C@@H](c2nc(C)c(C)[nH]2)N(Cc2cc(-c3ccccc3)no2)C1. The summed E-state index contributed by atoms with van der Waals surface area (Å²) in [6, 6.07) is 12.3. The maximum absolute atomic E-state index is 5.61. The first kappa shape index (κ1) is 17.0. The number of hydrogen-bond acceptors (Lipinski definition) is 5. The monoisotopic (exact) mass is 352 g/mol. The van der Waals surface area contributed by atoms with Gasteiger partial charge in [0, 0.05) is 31.0 Å². The van der Waals surface area contributed by atoms with Crippen LogP contribution in [0, 0.1) is 13.8 Å². The molecule has 1 aromatic carbocycles. The fraction of sp³-hybridized carbons (Fsp3) is 0.400. The highest BCUT2D eigenvalue weighted by Gasteiger charge is 2.35. The van der Waals surface area contributed by atoms with E-state index >= 15 is 0 Å². The van der Waals surface area contributed by atoms with Crippen molar-refractivity contribution in [3.63, 3.8) is 0 Å². The van der Waals surface area contributed by atoms with Crippen LogP contribution in [0.3, 0.4) is 0 Å². The molecule has 2 aromatic heterocycles. The summed E-state index contributed by atoms with van der Waals surface area (Å²) in [6.07, 6.45) is 1.12. The summed E-state index contributed by atoms with van der Waals surface area (Å²) in [5, 5.41) is 4.23. The van der Waals surface area contributed by atoms with E-state index in [2.05, 4.69) is 22.0 Å². The molecule has 0 aliphatic carbocycles. The molecule has 1 N–H and O–H groups in total. The maximum Gasteiger partial charge on any atom is 0.151 e. The molecule has 4 rings (SSSR count). The molecule has 0 saturated carbocycles. The van der Waals surface area contributed by atoms with Crippen molar-refractivity contribution in [2.75, 3.05) is 13.7 Å². The highest BCUT2D eigenvalue weighted by Crippen LogP contribution is 2.34. The van der Waals surface area contributed by atoms with Gasteiger partial charge in [-0.15, -0.1) is 0 Å². The first-order chi connectivity index (χ1) is 12.6. The Morgan fingerprint density at radius 2 is 2.08 bits per heavy atom. The molecule has 6 heteroatoms. The van der Waals surface area contributed by atoms with Crippen molar-refractivity contribution in [3.05, 3.63) is 59.4 Å². The summed E-state index contributed by atoms with van der Waals surface area (Å²) in [4.78, 5) is 10.5. The van der Waals surface area contributed by atoms with Crippen LogP contribution < -0.4 is 0 Å². The molecule has 0 spiro atoms. The van der Waals surface area contributed by atoms with Crippen LogP contribution in [0.2, 0.25) is 0 Å². The molecule has 1 saturated heterocycles. The number of aryl methyl sites for hydroxylation is 2. The molecule has 2 atom stereocenters. The Hall–Kier alpha value is -2.44. The van der Waals surface area contributed by atoms with E-state index in [0.29, 0.717) is 6.54 Å². The van der Waals surface area contributed by atoms with Crippen molar-refractivity contribution in [1.82, 2.24) is 20.0 Å². The molecular formula is C20H24N4O2. The predicted octanol–water partition coefficient (Wildman–Crippen LogP) is 3.64. The van der Waals surface area contributed by atoms with Crippen LogP contribution in [0.4, 0.5) is 0 Å². The van der Waals surface area contributed by atoms with Crippen molar-refractivity contribution >= 4 is 0 Å². The standard InChI is InChI=1S/C20H24N4O2/c1-13-14(2)22-20(21-13)19-10-16(25-3)11-24(19)12-17-9-18(23-26-17)15-7-5-4-6-8-15/h4-9,16,19H,10-12H2,1-3H3,(H,21,22)/t16-,19+/m1/s1. The second kappa shape index (κ2) is 7.05. The van der Waals surface area contributed by atoms with Crippen molar-refractivity contribution in [3.8, 4) is 11.3 Å². The van der Waals surface area contributed by atoms with Crippen molar-refractivity contribution in [2.45, 2.75) is 39.0 Å². The molecule has 3 aromatic rings. The average molecular weight is 352 g/mol. The zero-order valence-electron chi connectivity index (χ0n) is 15.4. The highest BCUT2D eigenvalue weighted by atomic mass is 16.5. The number of methoxy groups -OCH3 is 1. The summed E-state index contributed by atoms with van der Waals surface area (Å²) in [7, 11) is 1.77. The Morgan fingerprint density at radius 3 is 2.77 bits per heavy atom. The minimum absolute atomic E-state index is 0.192. The number of H-pyrrole nitrogens is 1. The van der Waals surface area contributed by atoms with Crippen LogP contribution in [0.1, 0.15) is 35.4 Å². The van der Waals surface area contributed by atoms with E-state index in [1.165, 1.54) is 0 Å². The number of imidazole rings is 1. The lowest BCUT2D eigenvalue weighted by molar-refractivity contribution is 0.105. The lowest BCUT2D eigenvalue weighted by Gasteiger charge is -2.20. The molecule has 3 heterocycles. The van der Waals surface area contributed by atoms with Gasteiger partial charge in [-0.2, -0.15) is 0 Å². The van der Waals surface area contributed by atoms with E-state index in [1.54, 1.807) is 7.11 Å². The quantitative estimate of drug-likeness (QED) is 0.759. The van der Waals surface area contributed by atoms with Gasteiger partial charge in [-0.05, 0) is 20.3 Å². The number of nitrogens with one attached hydrogen (secondary N) is 1. The zero-order chi connectivity index (χ0) is 18.1. The second-order valence-corrected chi connectivity index (χ2v) is 6.92. The van der Waals surface area contributed by atoms with E-state index in [4.69, 9.17) is 14.2 Å². The van der Waals surface area contributed by atoms with Crippen LogP contribution in [-0.2, 0) is 11.3 Å². The first-order valence-electron chi connectivity index (χ1n) is 8.95. The number of aromatic nitrogens is 3. The van der Waals surface area contributed by atoms with E-state index in [-0.39, 0.29) is 12.1 Å². The van der Waals surface area contributed by atoms with Gasteiger partial charge in [0.2, 0.25) is 0 Å². The predicted molar refractivity (Wildman–Crippen MR) is 98.6 cm³/mol. The summed E-state index contributed by atoms with van der Waals surface area (Å²) < 4.78 is 11.2. The van der Waals surface area contributed by atoms with Crippen LogP contribution in [-0.4, -0.2) is 39.8 Å². The molecule has 0 bridgehead atoms. The zero-order valence-corrected chi connectivity index (χ0v) is 15.4. The largest absolute Gasteiger partial charge is 0.380 e. The Bertz CT molecular complexity index is 852. The lowest BCUT2D eigenvalue weighted by atomic mass is 10.1. The van der Waals surface area contributed by atoms with Gasteiger partial charge in [-0.1, -0.05) is 35.5 Å². The van der Waals surface area contributed by atoms with Crippen LogP contribution in [0.5, 0.6) is 0 Å². The Balaban J connectivity index is 1.54. The third kappa shape index (κ3) is 3.30. The molecule has 0 amide bonds. The Morgan fingerprint density at radius 1 is 1.27 bits per heavy atom. The van der Waals surface area contributed by atoms with Gasteiger partial charge in [0.05, 0.1) is 24.4 Å². The van der Waals surface area contributed by atoms with Gasteiger partial charge in [0.25, 0.3) is 0 Å². The molecule has 0 unspecified atom stereocenters. The van der Waals surface area contributed by atoms with E-state index in [0.717, 1.165) is 47.2 Å². The van der Waals surface area contributed by atoms with E-state index in [9.17, 15) is 0 Å². The number of ether oxygens (including phenoxy) is 1. The topological polar surface area (TPSA) is 67.2 Å². The number of nitrogens with zero attached hydrogens (tertiary/aromatic N) is 3. The van der Waals surface area contributed by atoms with Gasteiger partial charge in [-0.25, -0.2) is 4.98 Å². The first-order valence-corrected chi connectivity index (χ1v) is 8.95. The second-order valence-electron chi connectivity index (χ2n) is 6.92. The van der Waals surface area contributed by atoms with Crippen LogP contribution in [0.15, 0.2) is 40.9 Å². The van der Waals surface area contributed by atoms with Gasteiger partial charge >= 0.3 is 0 Å². The van der Waals surface area contributed by atoms with Crippen LogP contribution >= 0.6 is 0 Å². The van der Waals surface area contributed by atoms with Gasteiger partial charge < -0.3 is 14.2 Å². The average Bonchev–Trinajstić information content (AvgIpc) is 3.36. The molecule has 6 nitrogen and oxygen atoms in total. The molecule has 1 aliphatic rings. The highest BCUT2D eigenvalue weighted by molar-refractivity contribution is 5.58. The minimum atomic E-state index is 0.192.